The third-order valence-corrected chi connectivity index (χ3v) is 5.76. The van der Waals surface area contributed by atoms with Gasteiger partial charge in [0.1, 0.15) is 24.3 Å². The fraction of sp³-hybridized carbons (Fsp3) is 0.440. The van der Waals surface area contributed by atoms with E-state index < -0.39 is 35.0 Å². The van der Waals surface area contributed by atoms with Crippen LogP contribution in [0, 0.1) is 5.41 Å². The average Bonchev–Trinajstić information content (AvgIpc) is 2.73. The summed E-state index contributed by atoms with van der Waals surface area (Å²) in [5.74, 6) is -0.978. The number of benzene rings is 2. The Morgan fingerprint density at radius 3 is 1.65 bits per heavy atom. The van der Waals surface area contributed by atoms with E-state index >= 15 is 0 Å². The maximum absolute atomic E-state index is 12.6. The number of hydrogen-bond acceptors (Lipinski definition) is 6. The molecule has 0 saturated carbocycles. The smallest absolute Gasteiger partial charge is 0.323 e. The number of carbonyl (C=O) groups excluding carboxylic acids is 2. The Balaban J connectivity index is 1.89. The van der Waals surface area contributed by atoms with Crippen molar-refractivity contribution < 1.29 is 19.1 Å². The van der Waals surface area contributed by atoms with Gasteiger partial charge in [-0.3, -0.25) is 9.59 Å². The highest BCUT2D eigenvalue weighted by atomic mass is 16.6. The minimum absolute atomic E-state index is 0.0581. The summed E-state index contributed by atoms with van der Waals surface area (Å²) in [5.41, 5.74) is 12.4. The number of nitrogens with two attached hydrogens (primary N) is 2. The van der Waals surface area contributed by atoms with Crippen molar-refractivity contribution >= 4 is 11.9 Å². The van der Waals surface area contributed by atoms with E-state index in [4.69, 9.17) is 20.9 Å². The standard InChI is InChI=1S/C25H34N2O4/c1-24(2,17-30-22(28)20(26)15-18-11-7-5-8-12-18)25(3,4)31-23(29)21(27)16-19-13-9-6-10-14-19/h5-14,20-21H,15-17,26-27H2,1-4H3. The van der Waals surface area contributed by atoms with Crippen LogP contribution in [-0.4, -0.2) is 36.2 Å². The maximum atomic E-state index is 12.6. The third-order valence-electron chi connectivity index (χ3n) is 5.76. The molecular weight excluding hydrogens is 392 g/mol. The van der Waals surface area contributed by atoms with Crippen LogP contribution in [0.25, 0.3) is 0 Å². The second-order valence-corrected chi connectivity index (χ2v) is 9.02. The van der Waals surface area contributed by atoms with Crippen molar-refractivity contribution in [3.63, 3.8) is 0 Å². The Morgan fingerprint density at radius 1 is 0.774 bits per heavy atom. The van der Waals surface area contributed by atoms with Crippen LogP contribution in [0.5, 0.6) is 0 Å². The van der Waals surface area contributed by atoms with Crippen molar-refractivity contribution in [2.75, 3.05) is 6.61 Å². The number of carbonyl (C=O) groups is 2. The van der Waals surface area contributed by atoms with Crippen LogP contribution in [0.4, 0.5) is 0 Å². The largest absolute Gasteiger partial charge is 0.464 e. The Morgan fingerprint density at radius 2 is 1.19 bits per heavy atom. The lowest BCUT2D eigenvalue weighted by Gasteiger charge is -2.40. The fourth-order valence-electron chi connectivity index (χ4n) is 2.90. The Hall–Kier alpha value is -2.70. The van der Waals surface area contributed by atoms with Crippen LogP contribution >= 0.6 is 0 Å². The van der Waals surface area contributed by atoms with E-state index in [9.17, 15) is 9.59 Å². The van der Waals surface area contributed by atoms with Crippen LogP contribution in [0.1, 0.15) is 38.8 Å². The lowest BCUT2D eigenvalue weighted by Crippen LogP contribution is -2.50. The second-order valence-electron chi connectivity index (χ2n) is 9.02. The number of rotatable bonds is 10. The van der Waals surface area contributed by atoms with Crippen molar-refractivity contribution in [3.05, 3.63) is 71.8 Å². The van der Waals surface area contributed by atoms with E-state index in [0.717, 1.165) is 11.1 Å². The van der Waals surface area contributed by atoms with Crippen LogP contribution in [0.3, 0.4) is 0 Å². The second kappa shape index (κ2) is 10.6. The van der Waals surface area contributed by atoms with Gasteiger partial charge in [0.15, 0.2) is 0 Å². The van der Waals surface area contributed by atoms with E-state index in [1.54, 1.807) is 13.8 Å². The molecule has 0 fully saturated rings. The summed E-state index contributed by atoms with van der Waals surface area (Å²) < 4.78 is 11.2. The Kier molecular flexibility index (Phi) is 8.36. The van der Waals surface area contributed by atoms with E-state index in [0.29, 0.717) is 12.8 Å². The van der Waals surface area contributed by atoms with Gasteiger partial charge in [-0.1, -0.05) is 74.5 Å². The third kappa shape index (κ3) is 7.19. The fourth-order valence-corrected chi connectivity index (χ4v) is 2.90. The molecule has 0 aliphatic carbocycles. The molecule has 0 radical (unpaired) electrons. The SMILES string of the molecule is CC(C)(COC(=O)C(N)Cc1ccccc1)C(C)(C)OC(=O)C(N)Cc1ccccc1. The van der Waals surface area contributed by atoms with Gasteiger partial charge in [-0.25, -0.2) is 0 Å². The molecule has 2 unspecified atom stereocenters. The highest BCUT2D eigenvalue weighted by Crippen LogP contribution is 2.34. The van der Waals surface area contributed by atoms with Crippen molar-refractivity contribution in [1.29, 1.82) is 0 Å². The predicted octanol–water partition coefficient (Wildman–Crippen LogP) is 3.02. The molecule has 31 heavy (non-hydrogen) atoms. The minimum atomic E-state index is -0.914. The maximum Gasteiger partial charge on any atom is 0.323 e. The minimum Gasteiger partial charge on any atom is -0.464 e. The number of hydrogen-bond donors (Lipinski definition) is 2. The van der Waals surface area contributed by atoms with Gasteiger partial charge in [0, 0.05) is 5.41 Å². The van der Waals surface area contributed by atoms with E-state index in [-0.39, 0.29) is 6.61 Å². The molecule has 6 heteroatoms. The molecule has 0 spiro atoms. The first-order valence-electron chi connectivity index (χ1n) is 10.5. The zero-order chi connectivity index (χ0) is 23.1. The summed E-state index contributed by atoms with van der Waals surface area (Å²) in [4.78, 5) is 25.0. The predicted molar refractivity (Wildman–Crippen MR) is 121 cm³/mol. The topological polar surface area (TPSA) is 105 Å². The molecule has 0 amide bonds. The molecule has 2 atom stereocenters. The van der Waals surface area contributed by atoms with E-state index in [1.165, 1.54) is 0 Å². The van der Waals surface area contributed by atoms with E-state index in [2.05, 4.69) is 0 Å². The van der Waals surface area contributed by atoms with Gasteiger partial charge < -0.3 is 20.9 Å². The van der Waals surface area contributed by atoms with Gasteiger partial charge in [0.2, 0.25) is 0 Å². The van der Waals surface area contributed by atoms with Crippen molar-refractivity contribution in [3.8, 4) is 0 Å². The highest BCUT2D eigenvalue weighted by Gasteiger charge is 2.42. The zero-order valence-electron chi connectivity index (χ0n) is 18.8. The monoisotopic (exact) mass is 426 g/mol. The first-order chi connectivity index (χ1) is 14.5. The molecule has 0 aromatic heterocycles. The molecule has 2 rings (SSSR count). The van der Waals surface area contributed by atoms with Crippen molar-refractivity contribution in [2.45, 2.75) is 58.2 Å². The summed E-state index contributed by atoms with van der Waals surface area (Å²) in [6, 6.07) is 17.5. The normalized spacial score (nSPS) is 13.9. The lowest BCUT2D eigenvalue weighted by molar-refractivity contribution is -0.177. The average molecular weight is 427 g/mol. The van der Waals surface area contributed by atoms with Gasteiger partial charge in [0.25, 0.3) is 0 Å². The molecule has 4 N–H and O–H groups in total. The van der Waals surface area contributed by atoms with E-state index in [1.807, 2.05) is 74.5 Å². The quantitative estimate of drug-likeness (QED) is 0.566. The molecule has 0 heterocycles. The van der Waals surface area contributed by atoms with Crippen molar-refractivity contribution in [2.24, 2.45) is 16.9 Å². The van der Waals surface area contributed by atoms with Gasteiger partial charge in [-0.2, -0.15) is 0 Å². The molecule has 168 valence electrons. The Bertz CT molecular complexity index is 850. The first kappa shape index (κ1) is 24.6. The summed E-state index contributed by atoms with van der Waals surface area (Å²) in [5, 5.41) is 0. The number of ether oxygens (including phenoxy) is 2. The molecule has 2 aromatic carbocycles. The molecule has 0 aliphatic rings. The van der Waals surface area contributed by atoms with Crippen LogP contribution in [0.15, 0.2) is 60.7 Å². The van der Waals surface area contributed by atoms with Gasteiger partial charge in [-0.05, 0) is 37.8 Å². The summed E-state index contributed by atoms with van der Waals surface area (Å²) in [7, 11) is 0. The summed E-state index contributed by atoms with van der Waals surface area (Å²) >= 11 is 0. The molecule has 0 saturated heterocycles. The molecular formula is C25H34N2O4. The zero-order valence-corrected chi connectivity index (χ0v) is 18.8. The highest BCUT2D eigenvalue weighted by molar-refractivity contribution is 5.77. The summed E-state index contributed by atoms with van der Waals surface area (Å²) in [6.07, 6.45) is 0.784. The summed E-state index contributed by atoms with van der Waals surface area (Å²) in [6.45, 7) is 7.39. The molecule has 6 nitrogen and oxygen atoms in total. The van der Waals surface area contributed by atoms with Crippen LogP contribution in [0.2, 0.25) is 0 Å². The van der Waals surface area contributed by atoms with Crippen LogP contribution in [-0.2, 0) is 31.9 Å². The van der Waals surface area contributed by atoms with Gasteiger partial charge in [0.05, 0.1) is 0 Å². The first-order valence-corrected chi connectivity index (χ1v) is 10.5. The van der Waals surface area contributed by atoms with Gasteiger partial charge >= 0.3 is 11.9 Å². The molecule has 2 aromatic rings. The molecule has 0 bridgehead atoms. The van der Waals surface area contributed by atoms with Gasteiger partial charge in [-0.15, -0.1) is 0 Å². The van der Waals surface area contributed by atoms with Crippen molar-refractivity contribution in [1.82, 2.24) is 0 Å². The lowest BCUT2D eigenvalue weighted by atomic mass is 9.77. The molecule has 0 aliphatic heterocycles. The Labute approximate surface area is 184 Å². The number of esters is 2. The van der Waals surface area contributed by atoms with Crippen LogP contribution < -0.4 is 11.5 Å².